The third-order valence-electron chi connectivity index (χ3n) is 2.85. The zero-order chi connectivity index (χ0) is 16.8. The minimum absolute atomic E-state index is 0.0281. The van der Waals surface area contributed by atoms with E-state index in [0.29, 0.717) is 6.42 Å². The molecule has 9 heteroatoms. The van der Waals surface area contributed by atoms with E-state index in [1.54, 1.807) is 0 Å². The number of amides is 2. The van der Waals surface area contributed by atoms with Crippen LogP contribution in [0.5, 0.6) is 0 Å². The highest BCUT2D eigenvalue weighted by Crippen LogP contribution is 2.14. The number of primary amides is 1. The summed E-state index contributed by atoms with van der Waals surface area (Å²) in [5.41, 5.74) is 5.03. The fourth-order valence-electron chi connectivity index (χ4n) is 1.79. The number of benzene rings is 1. The highest BCUT2D eigenvalue weighted by molar-refractivity contribution is 5.93. The van der Waals surface area contributed by atoms with Crippen LogP contribution in [0.4, 0.5) is 13.6 Å². The van der Waals surface area contributed by atoms with Crippen LogP contribution >= 0.6 is 0 Å². The Morgan fingerprint density at radius 2 is 2.13 bits per heavy atom. The van der Waals surface area contributed by atoms with Gasteiger partial charge in [-0.15, -0.1) is 0 Å². The van der Waals surface area contributed by atoms with Gasteiger partial charge >= 0.3 is 6.09 Å². The van der Waals surface area contributed by atoms with Crippen molar-refractivity contribution in [2.75, 3.05) is 13.2 Å². The number of halogens is 2. The summed E-state index contributed by atoms with van der Waals surface area (Å²) in [4.78, 5) is 22.2. The number of nitrogens with one attached hydrogen (secondary N) is 1. The van der Waals surface area contributed by atoms with Crippen molar-refractivity contribution >= 4 is 12.0 Å². The number of rotatable bonds is 6. The summed E-state index contributed by atoms with van der Waals surface area (Å²) in [6.45, 7) is 0.359. The number of nitrogens with two attached hydrogens (primary N) is 1. The van der Waals surface area contributed by atoms with E-state index >= 15 is 0 Å². The molecule has 2 amide bonds. The van der Waals surface area contributed by atoms with Crippen LogP contribution in [0.3, 0.4) is 0 Å². The highest BCUT2D eigenvalue weighted by atomic mass is 19.1. The minimum Gasteiger partial charge on any atom is -0.450 e. The quantitative estimate of drug-likeness (QED) is 0.784. The molecule has 2 aromatic rings. The van der Waals surface area contributed by atoms with Crippen LogP contribution in [0.1, 0.15) is 16.8 Å². The predicted molar refractivity (Wildman–Crippen MR) is 76.0 cm³/mol. The molecule has 2 rings (SSSR count). The van der Waals surface area contributed by atoms with Crippen molar-refractivity contribution in [3.63, 3.8) is 0 Å². The van der Waals surface area contributed by atoms with Crippen molar-refractivity contribution in [3.8, 4) is 5.69 Å². The number of ether oxygens (including phenoxy) is 1. The molecule has 0 aliphatic carbocycles. The maximum Gasteiger partial charge on any atom is 0.404 e. The van der Waals surface area contributed by atoms with E-state index in [0.717, 1.165) is 16.8 Å². The van der Waals surface area contributed by atoms with Crippen LogP contribution in [0, 0.1) is 11.6 Å². The van der Waals surface area contributed by atoms with Crippen LogP contribution in [-0.4, -0.2) is 34.9 Å². The molecule has 7 nitrogen and oxygen atoms in total. The summed E-state index contributed by atoms with van der Waals surface area (Å²) in [5.74, 6) is -1.91. The molecule has 0 saturated carbocycles. The SMILES string of the molecule is NC(=O)OCCCNC(=O)c1cnn(-c2ccc(F)cc2F)c1. The van der Waals surface area contributed by atoms with Gasteiger partial charge in [0.05, 0.1) is 18.4 Å². The van der Waals surface area contributed by atoms with E-state index in [1.165, 1.54) is 18.5 Å². The lowest BCUT2D eigenvalue weighted by atomic mass is 10.3. The molecule has 122 valence electrons. The normalized spacial score (nSPS) is 10.3. The molecule has 0 spiro atoms. The first-order valence-electron chi connectivity index (χ1n) is 6.68. The molecule has 0 radical (unpaired) electrons. The summed E-state index contributed by atoms with van der Waals surface area (Å²) in [6, 6.07) is 3.05. The van der Waals surface area contributed by atoms with Crippen LogP contribution in [0.2, 0.25) is 0 Å². The Labute approximate surface area is 130 Å². The fraction of sp³-hybridized carbons (Fsp3) is 0.214. The van der Waals surface area contributed by atoms with Crippen LogP contribution in [0.25, 0.3) is 5.69 Å². The van der Waals surface area contributed by atoms with Gasteiger partial charge in [0.25, 0.3) is 5.91 Å². The lowest BCUT2D eigenvalue weighted by molar-refractivity contribution is 0.0950. The van der Waals surface area contributed by atoms with Gasteiger partial charge in [-0.25, -0.2) is 18.3 Å². The molecule has 0 unspecified atom stereocenters. The second-order valence-corrected chi connectivity index (χ2v) is 4.55. The van der Waals surface area contributed by atoms with Crippen LogP contribution in [0.15, 0.2) is 30.6 Å². The number of carbonyl (C=O) groups excluding carboxylic acids is 2. The minimum atomic E-state index is -0.876. The second kappa shape index (κ2) is 7.34. The van der Waals surface area contributed by atoms with Gasteiger partial charge < -0.3 is 15.8 Å². The first kappa shape index (κ1) is 16.4. The summed E-state index contributed by atoms with van der Waals surface area (Å²) in [6.07, 6.45) is 2.11. The molecule has 0 aliphatic heterocycles. The third kappa shape index (κ3) is 4.50. The summed E-state index contributed by atoms with van der Waals surface area (Å²) in [5, 5.41) is 6.46. The first-order valence-corrected chi connectivity index (χ1v) is 6.68. The number of nitrogens with zero attached hydrogens (tertiary/aromatic N) is 2. The topological polar surface area (TPSA) is 99.2 Å². The second-order valence-electron chi connectivity index (χ2n) is 4.55. The van der Waals surface area contributed by atoms with Gasteiger partial charge in [-0.3, -0.25) is 4.79 Å². The highest BCUT2D eigenvalue weighted by Gasteiger charge is 2.12. The molecule has 0 fully saturated rings. The standard InChI is InChI=1S/C14H14F2N4O3/c15-10-2-3-12(11(16)6-10)20-8-9(7-19-20)13(21)18-4-1-5-23-14(17)22/h2-3,6-8H,1,4-5H2,(H2,17,22)(H,18,21). The molecule has 0 saturated heterocycles. The summed E-state index contributed by atoms with van der Waals surface area (Å²) in [7, 11) is 0. The van der Waals surface area contributed by atoms with Crippen molar-refractivity contribution in [1.29, 1.82) is 0 Å². The molecule has 0 aliphatic rings. The molecule has 3 N–H and O–H groups in total. The number of aromatic nitrogens is 2. The average Bonchev–Trinajstić information content (AvgIpc) is 2.96. The third-order valence-corrected chi connectivity index (χ3v) is 2.85. The van der Waals surface area contributed by atoms with Crippen LogP contribution in [-0.2, 0) is 4.74 Å². The lowest BCUT2D eigenvalue weighted by Crippen LogP contribution is -2.25. The Bertz CT molecular complexity index is 718. The smallest absolute Gasteiger partial charge is 0.404 e. The Balaban J connectivity index is 1.93. The van der Waals surface area contributed by atoms with Crippen molar-refractivity contribution in [1.82, 2.24) is 15.1 Å². The summed E-state index contributed by atoms with van der Waals surface area (Å²) < 4.78 is 32.2. The maximum atomic E-state index is 13.6. The van der Waals surface area contributed by atoms with Crippen molar-refractivity contribution in [2.24, 2.45) is 5.73 Å². The molecular weight excluding hydrogens is 310 g/mol. The number of carbonyl (C=O) groups is 2. The Morgan fingerprint density at radius 1 is 1.35 bits per heavy atom. The first-order chi connectivity index (χ1) is 11.0. The van der Waals surface area contributed by atoms with Gasteiger partial charge in [0.2, 0.25) is 0 Å². The number of hydrogen-bond donors (Lipinski definition) is 2. The van der Waals surface area contributed by atoms with Crippen LogP contribution < -0.4 is 11.1 Å². The van der Waals surface area contributed by atoms with Gasteiger partial charge in [-0.1, -0.05) is 0 Å². The Kier molecular flexibility index (Phi) is 5.23. The lowest BCUT2D eigenvalue weighted by Gasteiger charge is -2.04. The van der Waals surface area contributed by atoms with Gasteiger partial charge in [0.1, 0.15) is 11.5 Å². The van der Waals surface area contributed by atoms with Crippen molar-refractivity contribution in [3.05, 3.63) is 47.8 Å². The molecular formula is C14H14F2N4O3. The molecule has 0 atom stereocenters. The van der Waals surface area contributed by atoms with E-state index in [1.807, 2.05) is 0 Å². The molecule has 23 heavy (non-hydrogen) atoms. The van der Waals surface area contributed by atoms with Crippen molar-refractivity contribution < 1.29 is 23.1 Å². The van der Waals surface area contributed by atoms with E-state index in [9.17, 15) is 18.4 Å². The Hall–Kier alpha value is -2.97. The van der Waals surface area contributed by atoms with E-state index in [-0.39, 0.29) is 24.4 Å². The fourth-order valence-corrected chi connectivity index (χ4v) is 1.79. The summed E-state index contributed by atoms with van der Waals surface area (Å²) >= 11 is 0. The molecule has 1 aromatic heterocycles. The molecule has 0 bridgehead atoms. The van der Waals surface area contributed by atoms with E-state index < -0.39 is 23.6 Å². The maximum absolute atomic E-state index is 13.6. The van der Waals surface area contributed by atoms with Gasteiger partial charge in [-0.05, 0) is 18.6 Å². The van der Waals surface area contributed by atoms with Gasteiger partial charge in [0, 0.05) is 18.8 Å². The van der Waals surface area contributed by atoms with Gasteiger partial charge in [0.15, 0.2) is 5.82 Å². The number of hydrogen-bond acceptors (Lipinski definition) is 4. The zero-order valence-corrected chi connectivity index (χ0v) is 12.0. The van der Waals surface area contributed by atoms with E-state index in [2.05, 4.69) is 15.2 Å². The average molecular weight is 324 g/mol. The molecule has 1 heterocycles. The largest absolute Gasteiger partial charge is 0.450 e. The molecule has 1 aromatic carbocycles. The van der Waals surface area contributed by atoms with E-state index in [4.69, 9.17) is 5.73 Å². The Morgan fingerprint density at radius 3 is 2.83 bits per heavy atom. The van der Waals surface area contributed by atoms with Crippen molar-refractivity contribution in [2.45, 2.75) is 6.42 Å². The zero-order valence-electron chi connectivity index (χ0n) is 12.0. The van der Waals surface area contributed by atoms with Gasteiger partial charge in [-0.2, -0.15) is 5.10 Å². The predicted octanol–water partition coefficient (Wildman–Crippen LogP) is 1.37. The monoisotopic (exact) mass is 324 g/mol.